The zero-order valence-corrected chi connectivity index (χ0v) is 14.4. The van der Waals surface area contributed by atoms with E-state index in [0.717, 1.165) is 31.7 Å². The zero-order chi connectivity index (χ0) is 15.8. The van der Waals surface area contributed by atoms with E-state index < -0.39 is 0 Å². The van der Waals surface area contributed by atoms with E-state index >= 15 is 0 Å². The second-order valence-electron chi connectivity index (χ2n) is 6.51. The molecular formula is C18H19BrFN3. The molecule has 4 heterocycles. The molecule has 23 heavy (non-hydrogen) atoms. The molecule has 3 aliphatic rings. The molecule has 5 heteroatoms. The van der Waals surface area contributed by atoms with Crippen LogP contribution in [-0.4, -0.2) is 40.0 Å². The quantitative estimate of drug-likeness (QED) is 0.815. The lowest BCUT2D eigenvalue weighted by Gasteiger charge is -2.56. The number of piperidine rings is 1. The van der Waals surface area contributed by atoms with Crippen molar-refractivity contribution >= 4 is 15.9 Å². The maximum Gasteiger partial charge on any atom is 0.141 e. The molecule has 120 valence electrons. The maximum absolute atomic E-state index is 13.3. The van der Waals surface area contributed by atoms with Crippen molar-refractivity contribution in [3.05, 3.63) is 64.1 Å². The van der Waals surface area contributed by atoms with Gasteiger partial charge in [0, 0.05) is 48.9 Å². The lowest BCUT2D eigenvalue weighted by atomic mass is 9.86. The molecule has 3 aliphatic heterocycles. The highest BCUT2D eigenvalue weighted by Gasteiger charge is 2.44. The summed E-state index contributed by atoms with van der Waals surface area (Å²) >= 11 is 3.64. The fourth-order valence-electron chi connectivity index (χ4n) is 3.79. The van der Waals surface area contributed by atoms with E-state index in [0.29, 0.717) is 12.1 Å². The van der Waals surface area contributed by atoms with Crippen molar-refractivity contribution in [3.63, 3.8) is 0 Å². The summed E-state index contributed by atoms with van der Waals surface area (Å²) in [5.74, 6) is -0.250. The minimum absolute atomic E-state index is 0.250. The minimum atomic E-state index is -0.250. The fraction of sp³-hybridized carbons (Fsp3) is 0.389. The monoisotopic (exact) mass is 375 g/mol. The second-order valence-corrected chi connectivity index (χ2v) is 7.37. The van der Waals surface area contributed by atoms with Gasteiger partial charge in [0.15, 0.2) is 0 Å². The summed E-state index contributed by atoms with van der Waals surface area (Å²) in [6, 6.07) is 11.3. The smallest absolute Gasteiger partial charge is 0.141 e. The largest absolute Gasteiger partial charge is 0.296 e. The number of aromatic nitrogens is 1. The van der Waals surface area contributed by atoms with E-state index in [4.69, 9.17) is 0 Å². The Bertz CT molecular complexity index is 696. The van der Waals surface area contributed by atoms with Gasteiger partial charge < -0.3 is 0 Å². The first-order valence-corrected chi connectivity index (χ1v) is 8.79. The van der Waals surface area contributed by atoms with Crippen LogP contribution < -0.4 is 0 Å². The van der Waals surface area contributed by atoms with Gasteiger partial charge in [-0.05, 0) is 29.7 Å². The van der Waals surface area contributed by atoms with Gasteiger partial charge in [0.25, 0.3) is 0 Å². The third kappa shape index (κ3) is 3.18. The molecule has 2 aromatic rings. The molecule has 2 unspecified atom stereocenters. The van der Waals surface area contributed by atoms with Gasteiger partial charge in [-0.1, -0.05) is 34.1 Å². The topological polar surface area (TPSA) is 19.4 Å². The Kier molecular flexibility index (Phi) is 4.18. The first kappa shape index (κ1) is 15.2. The molecule has 1 aromatic carbocycles. The van der Waals surface area contributed by atoms with Crippen molar-refractivity contribution in [2.24, 2.45) is 0 Å². The third-order valence-corrected chi connectivity index (χ3v) is 5.67. The Morgan fingerprint density at radius 3 is 2.65 bits per heavy atom. The van der Waals surface area contributed by atoms with Gasteiger partial charge in [0.2, 0.25) is 0 Å². The van der Waals surface area contributed by atoms with Crippen LogP contribution in [0.25, 0.3) is 0 Å². The Morgan fingerprint density at radius 2 is 1.91 bits per heavy atom. The van der Waals surface area contributed by atoms with Crippen molar-refractivity contribution in [2.75, 3.05) is 13.1 Å². The number of piperazine rings is 1. The van der Waals surface area contributed by atoms with Gasteiger partial charge in [-0.3, -0.25) is 14.8 Å². The molecule has 0 amide bonds. The van der Waals surface area contributed by atoms with Gasteiger partial charge in [-0.15, -0.1) is 0 Å². The molecule has 0 radical (unpaired) electrons. The summed E-state index contributed by atoms with van der Waals surface area (Å²) in [6.45, 7) is 3.90. The zero-order valence-electron chi connectivity index (χ0n) is 12.8. The highest BCUT2D eigenvalue weighted by atomic mass is 79.9. The Morgan fingerprint density at radius 1 is 1.13 bits per heavy atom. The summed E-state index contributed by atoms with van der Waals surface area (Å²) < 4.78 is 14.4. The standard InChI is InChI=1S/C18H19BrFN3/c19-18-4-2-1-3-14(18)10-23-16-6-17(23)12-22(11-16)9-13-5-15(20)8-21-7-13/h1-5,7-8,16-17H,6,9-12H2. The average Bonchev–Trinajstić information content (AvgIpc) is 2.54. The van der Waals surface area contributed by atoms with Crippen LogP contribution in [0.1, 0.15) is 17.5 Å². The summed E-state index contributed by atoms with van der Waals surface area (Å²) in [4.78, 5) is 8.96. The molecule has 0 aliphatic carbocycles. The molecule has 0 saturated carbocycles. The molecule has 1 aromatic heterocycles. The third-order valence-electron chi connectivity index (χ3n) is 4.90. The van der Waals surface area contributed by atoms with Crippen LogP contribution in [0.4, 0.5) is 4.39 Å². The van der Waals surface area contributed by atoms with E-state index in [1.165, 1.54) is 22.7 Å². The molecule has 0 N–H and O–H groups in total. The fourth-order valence-corrected chi connectivity index (χ4v) is 4.20. The molecule has 5 rings (SSSR count). The van der Waals surface area contributed by atoms with Crippen molar-refractivity contribution in [1.29, 1.82) is 0 Å². The number of fused-ring (bicyclic) bond motifs is 2. The Hall–Kier alpha value is -1.30. The van der Waals surface area contributed by atoms with E-state index in [-0.39, 0.29) is 5.82 Å². The molecule has 3 nitrogen and oxygen atoms in total. The number of hydrogen-bond acceptors (Lipinski definition) is 3. The van der Waals surface area contributed by atoms with Gasteiger partial charge >= 0.3 is 0 Å². The van der Waals surface area contributed by atoms with Crippen molar-refractivity contribution in [3.8, 4) is 0 Å². The predicted octanol–water partition coefficient (Wildman–Crippen LogP) is 3.44. The van der Waals surface area contributed by atoms with E-state index in [1.54, 1.807) is 12.3 Å². The van der Waals surface area contributed by atoms with Crippen LogP contribution in [0, 0.1) is 5.82 Å². The normalized spacial score (nSPS) is 24.4. The van der Waals surface area contributed by atoms with Gasteiger partial charge in [0.1, 0.15) is 5.82 Å². The average molecular weight is 376 g/mol. The van der Waals surface area contributed by atoms with Crippen molar-refractivity contribution in [2.45, 2.75) is 31.6 Å². The SMILES string of the molecule is Fc1cncc(CN2CC3CC(C2)N3Cc2ccccc2Br)c1. The molecule has 0 spiro atoms. The lowest BCUT2D eigenvalue weighted by molar-refractivity contribution is -0.0775. The highest BCUT2D eigenvalue weighted by Crippen LogP contribution is 2.35. The first-order chi connectivity index (χ1) is 11.2. The second kappa shape index (κ2) is 6.30. The van der Waals surface area contributed by atoms with Crippen molar-refractivity contribution in [1.82, 2.24) is 14.8 Å². The Labute approximate surface area is 144 Å². The molecule has 3 fully saturated rings. The maximum atomic E-state index is 13.3. The Balaban J connectivity index is 1.38. The van der Waals surface area contributed by atoms with E-state index in [1.807, 2.05) is 0 Å². The van der Waals surface area contributed by atoms with Crippen LogP contribution in [0.15, 0.2) is 47.2 Å². The number of halogens is 2. The van der Waals surface area contributed by atoms with E-state index in [9.17, 15) is 4.39 Å². The molecule has 2 bridgehead atoms. The summed E-state index contributed by atoms with van der Waals surface area (Å²) in [7, 11) is 0. The van der Waals surface area contributed by atoms with Crippen LogP contribution in [-0.2, 0) is 13.1 Å². The molecule has 3 saturated heterocycles. The minimum Gasteiger partial charge on any atom is -0.296 e. The number of nitrogens with zero attached hydrogens (tertiary/aromatic N) is 3. The van der Waals surface area contributed by atoms with Gasteiger partial charge in [0.05, 0.1) is 6.20 Å². The highest BCUT2D eigenvalue weighted by molar-refractivity contribution is 9.10. The molecular weight excluding hydrogens is 357 g/mol. The summed E-state index contributed by atoms with van der Waals surface area (Å²) in [5, 5.41) is 0. The van der Waals surface area contributed by atoms with Gasteiger partial charge in [-0.2, -0.15) is 0 Å². The summed E-state index contributed by atoms with van der Waals surface area (Å²) in [6.07, 6.45) is 4.31. The molecule has 2 atom stereocenters. The van der Waals surface area contributed by atoms with E-state index in [2.05, 4.69) is 55.0 Å². The van der Waals surface area contributed by atoms with Crippen LogP contribution >= 0.6 is 15.9 Å². The number of hydrogen-bond donors (Lipinski definition) is 0. The van der Waals surface area contributed by atoms with Gasteiger partial charge in [-0.25, -0.2) is 4.39 Å². The predicted molar refractivity (Wildman–Crippen MR) is 91.4 cm³/mol. The number of benzene rings is 1. The van der Waals surface area contributed by atoms with Crippen molar-refractivity contribution < 1.29 is 4.39 Å². The first-order valence-electron chi connectivity index (χ1n) is 8.00. The lowest BCUT2D eigenvalue weighted by Crippen LogP contribution is -2.67. The van der Waals surface area contributed by atoms with Crippen LogP contribution in [0.2, 0.25) is 0 Å². The number of rotatable bonds is 4. The number of pyridine rings is 1. The van der Waals surface area contributed by atoms with Crippen LogP contribution in [0.5, 0.6) is 0 Å². The van der Waals surface area contributed by atoms with Crippen LogP contribution in [0.3, 0.4) is 0 Å². The summed E-state index contributed by atoms with van der Waals surface area (Å²) in [5.41, 5.74) is 2.31.